The Morgan fingerprint density at radius 2 is 1.67 bits per heavy atom. The molecule has 4 rings (SSSR count). The van der Waals surface area contributed by atoms with Gasteiger partial charge in [-0.3, -0.25) is 29.5 Å². The number of nitro groups is 1. The maximum absolute atomic E-state index is 13.6. The third-order valence-electron chi connectivity index (χ3n) is 6.21. The van der Waals surface area contributed by atoms with Crippen molar-refractivity contribution in [2.75, 3.05) is 11.4 Å². The number of thiocarbonyl (C=S) groups is 1. The number of carbonyl (C=O) groups is 2. The van der Waals surface area contributed by atoms with Gasteiger partial charge in [-0.1, -0.05) is 31.2 Å². The lowest BCUT2D eigenvalue weighted by molar-refractivity contribution is -0.385. The van der Waals surface area contributed by atoms with E-state index in [0.717, 1.165) is 11.4 Å². The molecule has 2 aromatic carbocycles. The molecule has 36 heavy (non-hydrogen) atoms. The van der Waals surface area contributed by atoms with E-state index in [9.17, 15) is 19.7 Å². The minimum absolute atomic E-state index is 0.0102. The number of rotatable bonds is 6. The average molecular weight is 503 g/mol. The van der Waals surface area contributed by atoms with Crippen LogP contribution in [0.4, 0.5) is 11.4 Å². The first-order valence-corrected chi connectivity index (χ1v) is 12.0. The average Bonchev–Trinajstić information content (AvgIpc) is 3.13. The van der Waals surface area contributed by atoms with E-state index < -0.39 is 16.7 Å². The Morgan fingerprint density at radius 3 is 2.31 bits per heavy atom. The molecular weight excluding hydrogens is 476 g/mol. The van der Waals surface area contributed by atoms with Crippen molar-refractivity contribution in [2.45, 2.75) is 34.1 Å². The molecule has 9 heteroatoms. The van der Waals surface area contributed by atoms with E-state index in [-0.39, 0.29) is 16.4 Å². The van der Waals surface area contributed by atoms with Gasteiger partial charge in [0, 0.05) is 29.6 Å². The molecule has 0 radical (unpaired) electrons. The molecule has 0 spiro atoms. The van der Waals surface area contributed by atoms with E-state index in [2.05, 4.69) is 0 Å². The summed E-state index contributed by atoms with van der Waals surface area (Å²) in [6, 6.07) is 15.9. The molecule has 1 aromatic heterocycles. The first-order valence-electron chi connectivity index (χ1n) is 11.6. The number of nitrogens with zero attached hydrogens (tertiary/aromatic N) is 4. The number of benzene rings is 2. The topological polar surface area (TPSA) is 88.7 Å². The molecular formula is C27H26N4O4S. The molecule has 0 saturated carbocycles. The third kappa shape index (κ3) is 4.33. The van der Waals surface area contributed by atoms with Crippen LogP contribution in [0.5, 0.6) is 0 Å². The molecule has 2 heterocycles. The van der Waals surface area contributed by atoms with Crippen molar-refractivity contribution in [3.8, 4) is 5.69 Å². The number of hydrogen-bond donors (Lipinski definition) is 0. The van der Waals surface area contributed by atoms with E-state index in [1.54, 1.807) is 31.2 Å². The second-order valence-corrected chi connectivity index (χ2v) is 9.03. The quantitative estimate of drug-likeness (QED) is 0.151. The van der Waals surface area contributed by atoms with Gasteiger partial charge in [-0.25, -0.2) is 0 Å². The second kappa shape index (κ2) is 9.87. The van der Waals surface area contributed by atoms with Gasteiger partial charge in [0.2, 0.25) is 0 Å². The van der Waals surface area contributed by atoms with E-state index in [4.69, 9.17) is 12.2 Å². The molecule has 1 aliphatic rings. The maximum Gasteiger partial charge on any atom is 0.274 e. The fraction of sp³-hybridized carbons (Fsp3) is 0.222. The summed E-state index contributed by atoms with van der Waals surface area (Å²) in [4.78, 5) is 40.9. The van der Waals surface area contributed by atoms with Gasteiger partial charge in [0.25, 0.3) is 17.5 Å². The van der Waals surface area contributed by atoms with Crippen LogP contribution in [0.1, 0.15) is 35.9 Å². The highest BCUT2D eigenvalue weighted by atomic mass is 32.1. The summed E-state index contributed by atoms with van der Waals surface area (Å²) >= 11 is 5.55. The molecule has 184 valence electrons. The van der Waals surface area contributed by atoms with Crippen LogP contribution in [0.25, 0.3) is 11.8 Å². The summed E-state index contributed by atoms with van der Waals surface area (Å²) in [5, 5.41) is 11.6. The Kier molecular flexibility index (Phi) is 6.85. The SMILES string of the molecule is CCCN1C(=O)/C(=C\c2cc(C)n(-c3ccc(C)c([N+](=O)[O-])c3)c2C)C(=O)N(c2ccccc2)C1=S. The highest BCUT2D eigenvalue weighted by Gasteiger charge is 2.40. The van der Waals surface area contributed by atoms with Gasteiger partial charge >= 0.3 is 0 Å². The molecule has 3 aromatic rings. The molecule has 0 unspecified atom stereocenters. The van der Waals surface area contributed by atoms with Crippen LogP contribution in [0.2, 0.25) is 0 Å². The van der Waals surface area contributed by atoms with Crippen LogP contribution in [0.15, 0.2) is 60.2 Å². The molecule has 1 aliphatic heterocycles. The number of hydrogen-bond acceptors (Lipinski definition) is 5. The molecule has 1 saturated heterocycles. The minimum Gasteiger partial charge on any atom is -0.318 e. The fourth-order valence-corrected chi connectivity index (χ4v) is 4.78. The van der Waals surface area contributed by atoms with Crippen LogP contribution in [-0.2, 0) is 9.59 Å². The Labute approximate surface area is 214 Å². The van der Waals surface area contributed by atoms with Crippen molar-refractivity contribution < 1.29 is 14.5 Å². The van der Waals surface area contributed by atoms with Gasteiger partial charge in [0.05, 0.1) is 16.3 Å². The lowest BCUT2D eigenvalue weighted by Crippen LogP contribution is -2.56. The Bertz CT molecular complexity index is 1430. The van der Waals surface area contributed by atoms with Crippen molar-refractivity contribution in [3.05, 3.63) is 92.8 Å². The predicted octanol–water partition coefficient (Wildman–Crippen LogP) is 5.26. The second-order valence-electron chi connectivity index (χ2n) is 8.66. The van der Waals surface area contributed by atoms with Gasteiger partial charge < -0.3 is 4.57 Å². The Morgan fingerprint density at radius 1 is 0.972 bits per heavy atom. The van der Waals surface area contributed by atoms with Gasteiger partial charge in [0.1, 0.15) is 5.57 Å². The minimum atomic E-state index is -0.487. The zero-order valence-electron chi connectivity index (χ0n) is 20.5. The van der Waals surface area contributed by atoms with Crippen LogP contribution in [0.3, 0.4) is 0 Å². The molecule has 8 nitrogen and oxygen atoms in total. The summed E-state index contributed by atoms with van der Waals surface area (Å²) < 4.78 is 1.88. The number of aryl methyl sites for hydroxylation is 2. The summed E-state index contributed by atoms with van der Waals surface area (Å²) in [6.07, 6.45) is 2.27. The third-order valence-corrected chi connectivity index (χ3v) is 6.61. The molecule has 2 amide bonds. The van der Waals surface area contributed by atoms with E-state index in [1.165, 1.54) is 15.9 Å². The van der Waals surface area contributed by atoms with Crippen LogP contribution in [-0.4, -0.2) is 37.9 Å². The van der Waals surface area contributed by atoms with Gasteiger partial charge in [-0.2, -0.15) is 0 Å². The van der Waals surface area contributed by atoms with Crippen molar-refractivity contribution in [1.29, 1.82) is 0 Å². The van der Waals surface area contributed by atoms with Crippen molar-refractivity contribution in [3.63, 3.8) is 0 Å². The van der Waals surface area contributed by atoms with Crippen LogP contribution < -0.4 is 4.90 Å². The zero-order chi connectivity index (χ0) is 26.1. The van der Waals surface area contributed by atoms with E-state index in [0.29, 0.717) is 35.5 Å². The number of carbonyl (C=O) groups excluding carboxylic acids is 2. The monoisotopic (exact) mass is 502 g/mol. The number of nitro benzene ring substituents is 1. The summed E-state index contributed by atoms with van der Waals surface area (Å²) in [5.74, 6) is -0.922. The summed E-state index contributed by atoms with van der Waals surface area (Å²) in [5.41, 5.74) is 4.06. The molecule has 0 N–H and O–H groups in total. The Hall–Kier alpha value is -4.11. The summed E-state index contributed by atoms with van der Waals surface area (Å²) in [7, 11) is 0. The van der Waals surface area contributed by atoms with E-state index in [1.807, 2.05) is 55.7 Å². The number of amides is 2. The normalized spacial score (nSPS) is 15.2. The fourth-order valence-electron chi connectivity index (χ4n) is 4.42. The largest absolute Gasteiger partial charge is 0.318 e. The molecule has 0 bridgehead atoms. The van der Waals surface area contributed by atoms with Gasteiger partial charge in [-0.15, -0.1) is 0 Å². The smallest absolute Gasteiger partial charge is 0.274 e. The van der Waals surface area contributed by atoms with Crippen molar-refractivity contribution in [1.82, 2.24) is 9.47 Å². The number of anilines is 1. The number of aromatic nitrogens is 1. The molecule has 0 atom stereocenters. The van der Waals surface area contributed by atoms with Gasteiger partial charge in [-0.05, 0) is 75.3 Å². The molecule has 0 aliphatic carbocycles. The first kappa shape index (κ1) is 25.0. The zero-order valence-corrected chi connectivity index (χ0v) is 21.3. The van der Waals surface area contributed by atoms with Crippen molar-refractivity contribution in [2.24, 2.45) is 0 Å². The number of para-hydroxylation sites is 1. The molecule has 1 fully saturated rings. The summed E-state index contributed by atoms with van der Waals surface area (Å²) in [6.45, 7) is 7.75. The van der Waals surface area contributed by atoms with Gasteiger partial charge in [0.15, 0.2) is 5.11 Å². The maximum atomic E-state index is 13.6. The lowest BCUT2D eigenvalue weighted by Gasteiger charge is -2.36. The van der Waals surface area contributed by atoms with Crippen LogP contribution >= 0.6 is 12.2 Å². The van der Waals surface area contributed by atoms with E-state index >= 15 is 0 Å². The first-order chi connectivity index (χ1) is 17.1. The van der Waals surface area contributed by atoms with Crippen molar-refractivity contribution >= 4 is 46.6 Å². The van der Waals surface area contributed by atoms with Crippen LogP contribution in [0, 0.1) is 30.9 Å². The highest BCUT2D eigenvalue weighted by molar-refractivity contribution is 7.80. The standard InChI is InChI=1S/C27H26N4O4S/c1-5-13-28-25(32)23(26(33)30(27(28)36)21-9-7-6-8-10-21)15-20-14-18(3)29(19(20)4)22-12-11-17(2)24(16-22)31(34)35/h6-12,14-16H,5,13H2,1-4H3/b23-15+. The lowest BCUT2D eigenvalue weighted by atomic mass is 10.1. The predicted molar refractivity (Wildman–Crippen MR) is 143 cm³/mol. The Balaban J connectivity index is 1.83. The highest BCUT2D eigenvalue weighted by Crippen LogP contribution is 2.30.